The zero-order chi connectivity index (χ0) is 21.1. The molecule has 4 rings (SSSR count). The molecule has 1 saturated heterocycles. The van der Waals surface area contributed by atoms with Gasteiger partial charge in [0.05, 0.1) is 12.3 Å². The normalized spacial score (nSPS) is 14.8. The van der Waals surface area contributed by atoms with Crippen LogP contribution >= 0.6 is 0 Å². The molecule has 0 radical (unpaired) electrons. The van der Waals surface area contributed by atoms with E-state index in [0.29, 0.717) is 42.0 Å². The van der Waals surface area contributed by atoms with Crippen LogP contribution in [-0.4, -0.2) is 24.8 Å². The second-order valence-electron chi connectivity index (χ2n) is 7.47. The third-order valence-corrected chi connectivity index (χ3v) is 5.42. The molecule has 2 aromatic carbocycles. The lowest BCUT2D eigenvalue weighted by molar-refractivity contribution is 0.0491. The molecule has 1 N–H and O–H groups in total. The molecule has 5 nitrogen and oxygen atoms in total. The summed E-state index contributed by atoms with van der Waals surface area (Å²) in [7, 11) is 0. The summed E-state index contributed by atoms with van der Waals surface area (Å²) in [5.74, 6) is -1.51. The Hall–Kier alpha value is -2.93. The van der Waals surface area contributed by atoms with E-state index in [4.69, 9.17) is 14.2 Å². The molecule has 3 aromatic rings. The number of rotatable bonds is 6. The maximum Gasteiger partial charge on any atom is 0.192 e. The lowest BCUT2D eigenvalue weighted by Gasteiger charge is -2.22. The van der Waals surface area contributed by atoms with Gasteiger partial charge in [-0.2, -0.15) is 0 Å². The third-order valence-electron chi connectivity index (χ3n) is 5.42. The second kappa shape index (κ2) is 8.83. The number of halogens is 2. The molecule has 1 aromatic heterocycles. The van der Waals surface area contributed by atoms with Gasteiger partial charge in [0.25, 0.3) is 0 Å². The van der Waals surface area contributed by atoms with Crippen LogP contribution in [0.3, 0.4) is 0 Å². The smallest absolute Gasteiger partial charge is 0.192 e. The Morgan fingerprint density at radius 1 is 1.07 bits per heavy atom. The van der Waals surface area contributed by atoms with E-state index in [9.17, 15) is 13.6 Å². The van der Waals surface area contributed by atoms with Crippen LogP contribution in [0, 0.1) is 24.5 Å². The summed E-state index contributed by atoms with van der Waals surface area (Å²) in [6.07, 6.45) is 1.70. The zero-order valence-electron chi connectivity index (χ0n) is 16.7. The van der Waals surface area contributed by atoms with Crippen LogP contribution in [0.25, 0.3) is 10.9 Å². The Morgan fingerprint density at radius 3 is 2.53 bits per heavy atom. The molecule has 0 unspecified atom stereocenters. The van der Waals surface area contributed by atoms with Gasteiger partial charge in [-0.3, -0.25) is 4.79 Å². The maximum atomic E-state index is 14.3. The number of pyridine rings is 1. The van der Waals surface area contributed by atoms with E-state index in [1.807, 2.05) is 6.07 Å². The highest BCUT2D eigenvalue weighted by atomic mass is 19.1. The van der Waals surface area contributed by atoms with Crippen LogP contribution in [0.1, 0.15) is 24.1 Å². The highest BCUT2D eigenvalue weighted by Gasteiger charge is 2.18. The molecule has 0 spiro atoms. The molecule has 2 heterocycles. The zero-order valence-corrected chi connectivity index (χ0v) is 16.7. The number of hydrogen-bond acceptors (Lipinski definition) is 4. The molecule has 0 amide bonds. The van der Waals surface area contributed by atoms with Gasteiger partial charge in [0.15, 0.2) is 28.6 Å². The fourth-order valence-corrected chi connectivity index (χ4v) is 3.53. The number of ether oxygens (including phenoxy) is 3. The number of hydrogen-bond donors (Lipinski definition) is 1. The first-order chi connectivity index (χ1) is 14.5. The average Bonchev–Trinajstić information content (AvgIpc) is 2.76. The van der Waals surface area contributed by atoms with Crippen molar-refractivity contribution < 1.29 is 23.0 Å². The van der Waals surface area contributed by atoms with Crippen LogP contribution in [0.5, 0.6) is 11.5 Å². The summed E-state index contributed by atoms with van der Waals surface area (Å²) in [5, 5.41) is 0.579. The van der Waals surface area contributed by atoms with Crippen LogP contribution in [-0.2, 0) is 11.3 Å². The van der Waals surface area contributed by atoms with Crippen molar-refractivity contribution in [1.29, 1.82) is 0 Å². The Balaban J connectivity index is 1.51. The molecule has 1 aliphatic heterocycles. The molecular weight excluding hydrogens is 392 g/mol. The van der Waals surface area contributed by atoms with Gasteiger partial charge in [-0.05, 0) is 37.8 Å². The molecule has 1 fully saturated rings. The van der Waals surface area contributed by atoms with Gasteiger partial charge < -0.3 is 19.2 Å². The van der Waals surface area contributed by atoms with E-state index in [1.54, 1.807) is 25.1 Å². The number of benzene rings is 2. The fourth-order valence-electron chi connectivity index (χ4n) is 3.53. The molecule has 1 aliphatic rings. The summed E-state index contributed by atoms with van der Waals surface area (Å²) >= 11 is 0. The van der Waals surface area contributed by atoms with Crippen molar-refractivity contribution in [2.75, 3.05) is 19.8 Å². The van der Waals surface area contributed by atoms with Crippen LogP contribution < -0.4 is 14.9 Å². The SMILES string of the molecule is Cc1c(COc2cc(OCC3CCOCC3)c(F)cc2F)[nH]c2ccccc2c1=O. The predicted octanol–water partition coefficient (Wildman–Crippen LogP) is 4.50. The number of aromatic nitrogens is 1. The standard InChI is InChI=1S/C23H23F2NO4/c1-14-20(26-19-5-3-2-4-16(19)23(14)27)13-30-22-11-21(17(24)10-18(22)25)29-12-15-6-8-28-9-7-15/h2-5,10-11,15H,6-9,12-13H2,1H3,(H,26,27). The van der Waals surface area contributed by atoms with Gasteiger partial charge in [-0.1, -0.05) is 12.1 Å². The van der Waals surface area contributed by atoms with Crippen LogP contribution in [0.2, 0.25) is 0 Å². The first-order valence-electron chi connectivity index (χ1n) is 9.96. The van der Waals surface area contributed by atoms with Crippen LogP contribution in [0.15, 0.2) is 41.2 Å². The molecule has 0 saturated carbocycles. The van der Waals surface area contributed by atoms with Crippen molar-refractivity contribution in [2.45, 2.75) is 26.4 Å². The maximum absolute atomic E-state index is 14.3. The van der Waals surface area contributed by atoms with Crippen molar-refractivity contribution in [3.8, 4) is 11.5 Å². The molecule has 0 bridgehead atoms. The monoisotopic (exact) mass is 415 g/mol. The van der Waals surface area contributed by atoms with Gasteiger partial charge in [0.2, 0.25) is 0 Å². The lowest BCUT2D eigenvalue weighted by Crippen LogP contribution is -2.21. The van der Waals surface area contributed by atoms with Gasteiger partial charge in [-0.25, -0.2) is 8.78 Å². The minimum Gasteiger partial charge on any atom is -0.490 e. The number of fused-ring (bicyclic) bond motifs is 1. The predicted molar refractivity (Wildman–Crippen MR) is 109 cm³/mol. The number of para-hydroxylation sites is 1. The van der Waals surface area contributed by atoms with Gasteiger partial charge in [0.1, 0.15) is 6.61 Å². The van der Waals surface area contributed by atoms with Crippen molar-refractivity contribution in [1.82, 2.24) is 4.98 Å². The first-order valence-corrected chi connectivity index (χ1v) is 9.96. The summed E-state index contributed by atoms with van der Waals surface area (Å²) in [6.45, 7) is 3.29. The van der Waals surface area contributed by atoms with E-state index < -0.39 is 11.6 Å². The molecule has 0 atom stereocenters. The van der Waals surface area contributed by atoms with Gasteiger partial charge >= 0.3 is 0 Å². The highest BCUT2D eigenvalue weighted by molar-refractivity contribution is 5.79. The highest BCUT2D eigenvalue weighted by Crippen LogP contribution is 2.29. The molecule has 0 aliphatic carbocycles. The molecule has 158 valence electrons. The number of H-pyrrole nitrogens is 1. The van der Waals surface area contributed by atoms with Crippen molar-refractivity contribution >= 4 is 10.9 Å². The van der Waals surface area contributed by atoms with Gasteiger partial charge in [-0.15, -0.1) is 0 Å². The average molecular weight is 415 g/mol. The second-order valence-corrected chi connectivity index (χ2v) is 7.47. The van der Waals surface area contributed by atoms with E-state index >= 15 is 0 Å². The van der Waals surface area contributed by atoms with Crippen molar-refractivity contribution in [3.05, 3.63) is 69.5 Å². The third kappa shape index (κ3) is 4.31. The Bertz CT molecular complexity index is 1110. The molecular formula is C23H23F2NO4. The summed E-state index contributed by atoms with van der Waals surface area (Å²) in [5.41, 5.74) is 1.59. The minimum atomic E-state index is -0.827. The Kier molecular flexibility index (Phi) is 5.99. The van der Waals surface area contributed by atoms with E-state index in [1.165, 1.54) is 6.07 Å². The molecule has 30 heavy (non-hydrogen) atoms. The molecule has 7 heteroatoms. The lowest BCUT2D eigenvalue weighted by atomic mass is 10.0. The van der Waals surface area contributed by atoms with Crippen molar-refractivity contribution in [3.63, 3.8) is 0 Å². The van der Waals surface area contributed by atoms with E-state index in [2.05, 4.69) is 4.98 Å². The minimum absolute atomic E-state index is 0.0541. The fraction of sp³-hybridized carbons (Fsp3) is 0.348. The topological polar surface area (TPSA) is 60.6 Å². The largest absolute Gasteiger partial charge is 0.490 e. The van der Waals surface area contributed by atoms with E-state index in [0.717, 1.165) is 18.9 Å². The summed E-state index contributed by atoms with van der Waals surface area (Å²) in [6, 6.07) is 9.12. The Morgan fingerprint density at radius 2 is 1.77 bits per heavy atom. The quantitative estimate of drug-likeness (QED) is 0.644. The van der Waals surface area contributed by atoms with Gasteiger partial charge in [0, 0.05) is 41.8 Å². The first kappa shape index (κ1) is 20.3. The van der Waals surface area contributed by atoms with E-state index in [-0.39, 0.29) is 29.5 Å². The number of nitrogens with one attached hydrogen (secondary N) is 1. The van der Waals surface area contributed by atoms with Crippen molar-refractivity contribution in [2.24, 2.45) is 5.92 Å². The summed E-state index contributed by atoms with van der Waals surface area (Å²) in [4.78, 5) is 15.7. The van der Waals surface area contributed by atoms with Crippen LogP contribution in [0.4, 0.5) is 8.78 Å². The summed E-state index contributed by atoms with van der Waals surface area (Å²) < 4.78 is 44.9. The number of aromatic amines is 1. The Labute approximate surface area is 172 Å².